The van der Waals surface area contributed by atoms with E-state index in [9.17, 15) is 18.8 Å². The number of fused-ring (bicyclic) bond motifs is 1. The Bertz CT molecular complexity index is 901. The minimum Gasteiger partial charge on any atom is -0.342 e. The summed E-state index contributed by atoms with van der Waals surface area (Å²) in [7, 11) is 3.35. The smallest absolute Gasteiger partial charge is 0.321 e. The maximum atomic E-state index is 13.7. The molecule has 0 bridgehead atoms. The van der Waals surface area contributed by atoms with Crippen LogP contribution in [0.15, 0.2) is 24.3 Å². The molecule has 8 nitrogen and oxygen atoms in total. The van der Waals surface area contributed by atoms with Crippen LogP contribution in [-0.4, -0.2) is 67.6 Å². The van der Waals surface area contributed by atoms with Crippen LogP contribution in [-0.2, 0) is 9.59 Å². The van der Waals surface area contributed by atoms with Gasteiger partial charge >= 0.3 is 6.03 Å². The molecule has 4 amide bonds. The van der Waals surface area contributed by atoms with Crippen LogP contribution in [0, 0.1) is 17.2 Å². The van der Waals surface area contributed by atoms with Gasteiger partial charge in [0.2, 0.25) is 11.8 Å². The highest BCUT2D eigenvalue weighted by molar-refractivity contribution is 5.92. The van der Waals surface area contributed by atoms with Gasteiger partial charge < -0.3 is 20.9 Å². The van der Waals surface area contributed by atoms with E-state index in [2.05, 4.69) is 16.0 Å². The van der Waals surface area contributed by atoms with Crippen molar-refractivity contribution in [3.8, 4) is 0 Å². The molecule has 1 aliphatic heterocycles. The number of hydrogen-bond acceptors (Lipinski definition) is 4. The van der Waals surface area contributed by atoms with Crippen molar-refractivity contribution in [2.24, 2.45) is 11.3 Å². The molecular weight excluding hydrogens is 437 g/mol. The summed E-state index contributed by atoms with van der Waals surface area (Å²) < 4.78 is 13.3. The Labute approximate surface area is 201 Å². The fourth-order valence-corrected chi connectivity index (χ4v) is 4.97. The van der Waals surface area contributed by atoms with Crippen LogP contribution in [0.4, 0.5) is 14.9 Å². The van der Waals surface area contributed by atoms with Crippen LogP contribution < -0.4 is 20.9 Å². The van der Waals surface area contributed by atoms with Crippen LogP contribution in [0.25, 0.3) is 0 Å². The van der Waals surface area contributed by atoms with Gasteiger partial charge in [0.1, 0.15) is 11.9 Å². The maximum Gasteiger partial charge on any atom is 0.321 e. The molecule has 188 valence electrons. The SMILES string of the molecule is CN[C@@H](C)C(=O)N[C@H](C(=O)N1CC[C@H]2CC[C@H](NC(=O)N(C)c3ccc(F)cc3)[C@H]21)C(C)(C)C. The van der Waals surface area contributed by atoms with Crippen molar-refractivity contribution >= 4 is 23.5 Å². The van der Waals surface area contributed by atoms with E-state index in [4.69, 9.17) is 0 Å². The highest BCUT2D eigenvalue weighted by Gasteiger charge is 2.49. The average molecular weight is 476 g/mol. The molecule has 2 aliphatic rings. The third kappa shape index (κ3) is 5.51. The predicted octanol–water partition coefficient (Wildman–Crippen LogP) is 2.49. The van der Waals surface area contributed by atoms with E-state index in [1.807, 2.05) is 25.7 Å². The lowest BCUT2D eigenvalue weighted by Gasteiger charge is -2.38. The van der Waals surface area contributed by atoms with Gasteiger partial charge in [0.15, 0.2) is 0 Å². The molecule has 9 heteroatoms. The van der Waals surface area contributed by atoms with Gasteiger partial charge in [-0.1, -0.05) is 20.8 Å². The summed E-state index contributed by atoms with van der Waals surface area (Å²) in [5.41, 5.74) is 0.111. The molecule has 34 heavy (non-hydrogen) atoms. The molecule has 0 aromatic heterocycles. The molecule has 0 spiro atoms. The molecule has 0 unspecified atom stereocenters. The van der Waals surface area contributed by atoms with Crippen molar-refractivity contribution in [1.82, 2.24) is 20.9 Å². The first-order valence-electron chi connectivity index (χ1n) is 12.0. The van der Waals surface area contributed by atoms with Gasteiger partial charge in [0.25, 0.3) is 0 Å². The summed E-state index contributed by atoms with van der Waals surface area (Å²) in [4.78, 5) is 42.6. The van der Waals surface area contributed by atoms with Crippen LogP contribution in [0.1, 0.15) is 47.0 Å². The van der Waals surface area contributed by atoms with Crippen molar-refractivity contribution in [3.05, 3.63) is 30.1 Å². The number of benzene rings is 1. The Morgan fingerprint density at radius 2 is 1.76 bits per heavy atom. The first-order valence-corrected chi connectivity index (χ1v) is 12.0. The summed E-state index contributed by atoms with van der Waals surface area (Å²) in [6.07, 6.45) is 2.60. The third-order valence-electron chi connectivity index (χ3n) is 7.18. The Hall–Kier alpha value is -2.68. The Balaban J connectivity index is 1.74. The van der Waals surface area contributed by atoms with Crippen molar-refractivity contribution < 1.29 is 18.8 Å². The summed E-state index contributed by atoms with van der Waals surface area (Å²) in [6, 6.07) is 4.08. The number of anilines is 1. The number of likely N-dealkylation sites (tertiary alicyclic amines) is 1. The third-order valence-corrected chi connectivity index (χ3v) is 7.18. The molecule has 0 radical (unpaired) electrons. The Morgan fingerprint density at radius 3 is 2.35 bits per heavy atom. The second-order valence-corrected chi connectivity index (χ2v) is 10.6. The normalized spacial score (nSPS) is 23.7. The Morgan fingerprint density at radius 1 is 1.12 bits per heavy atom. The molecule has 1 aromatic rings. The van der Waals surface area contributed by atoms with E-state index in [-0.39, 0.29) is 35.7 Å². The van der Waals surface area contributed by atoms with Gasteiger partial charge in [-0.15, -0.1) is 0 Å². The lowest BCUT2D eigenvalue weighted by Crippen LogP contribution is -2.60. The first kappa shape index (κ1) is 25.9. The van der Waals surface area contributed by atoms with Crippen LogP contribution in [0.3, 0.4) is 0 Å². The number of halogens is 1. The lowest BCUT2D eigenvalue weighted by atomic mass is 9.85. The van der Waals surface area contributed by atoms with Gasteiger partial charge in [0, 0.05) is 19.3 Å². The molecular formula is C25H38FN5O3. The molecule has 5 atom stereocenters. The largest absolute Gasteiger partial charge is 0.342 e. The van der Waals surface area contributed by atoms with E-state index in [0.29, 0.717) is 18.2 Å². The van der Waals surface area contributed by atoms with E-state index in [0.717, 1.165) is 19.3 Å². The van der Waals surface area contributed by atoms with E-state index in [1.165, 1.54) is 17.0 Å². The molecule has 1 aliphatic carbocycles. The zero-order valence-electron chi connectivity index (χ0n) is 21.0. The maximum absolute atomic E-state index is 13.7. The van der Waals surface area contributed by atoms with Crippen molar-refractivity contribution in [2.45, 2.75) is 71.1 Å². The number of nitrogens with zero attached hydrogens (tertiary/aromatic N) is 2. The van der Waals surface area contributed by atoms with Crippen molar-refractivity contribution in [2.75, 3.05) is 25.5 Å². The van der Waals surface area contributed by atoms with Gasteiger partial charge in [-0.3, -0.25) is 14.5 Å². The number of nitrogens with one attached hydrogen (secondary N) is 3. The number of urea groups is 1. The van der Waals surface area contributed by atoms with Gasteiger partial charge in [-0.25, -0.2) is 9.18 Å². The fraction of sp³-hybridized carbons (Fsp3) is 0.640. The zero-order chi connectivity index (χ0) is 25.2. The molecule has 3 rings (SSSR count). The molecule has 1 aromatic carbocycles. The highest BCUT2D eigenvalue weighted by Crippen LogP contribution is 2.39. The second kappa shape index (κ2) is 10.3. The van der Waals surface area contributed by atoms with Gasteiger partial charge in [-0.05, 0) is 68.8 Å². The minimum absolute atomic E-state index is 0.107. The van der Waals surface area contributed by atoms with Crippen molar-refractivity contribution in [3.63, 3.8) is 0 Å². The molecule has 1 heterocycles. The summed E-state index contributed by atoms with van der Waals surface area (Å²) in [6.45, 7) is 8.20. The summed E-state index contributed by atoms with van der Waals surface area (Å²) in [5, 5.41) is 8.95. The quantitative estimate of drug-likeness (QED) is 0.589. The summed E-state index contributed by atoms with van der Waals surface area (Å²) >= 11 is 0. The van der Waals surface area contributed by atoms with E-state index >= 15 is 0 Å². The Kier molecular flexibility index (Phi) is 7.85. The van der Waals surface area contributed by atoms with Gasteiger partial charge in [0.05, 0.1) is 18.1 Å². The second-order valence-electron chi connectivity index (χ2n) is 10.6. The molecule has 2 fully saturated rings. The standard InChI is InChI=1S/C25H38FN5O3/c1-15(27-5)22(32)29-21(25(2,3)4)23(33)31-14-13-16-7-12-19(20(16)31)28-24(34)30(6)18-10-8-17(26)9-11-18/h8-11,15-16,19-21,27H,7,12-14H2,1-6H3,(H,28,34)(H,29,32)/t15-,16+,19-,20-,21+/m0/s1. The summed E-state index contributed by atoms with van der Waals surface area (Å²) in [5.74, 6) is -0.368. The van der Waals surface area contributed by atoms with Crippen LogP contribution >= 0.6 is 0 Å². The molecule has 1 saturated heterocycles. The van der Waals surface area contributed by atoms with Crippen LogP contribution in [0.2, 0.25) is 0 Å². The molecule has 1 saturated carbocycles. The minimum atomic E-state index is -0.673. The highest BCUT2D eigenvalue weighted by atomic mass is 19.1. The van der Waals surface area contributed by atoms with Crippen LogP contribution in [0.5, 0.6) is 0 Å². The monoisotopic (exact) mass is 475 g/mol. The first-order chi connectivity index (χ1) is 15.9. The topological polar surface area (TPSA) is 93.8 Å². The zero-order valence-corrected chi connectivity index (χ0v) is 21.0. The number of carbonyl (C=O) groups is 3. The van der Waals surface area contributed by atoms with Gasteiger partial charge in [-0.2, -0.15) is 0 Å². The number of likely N-dealkylation sites (N-methyl/N-ethyl adjacent to an activating group) is 1. The number of rotatable bonds is 6. The number of hydrogen-bond donors (Lipinski definition) is 3. The van der Waals surface area contributed by atoms with Crippen molar-refractivity contribution in [1.29, 1.82) is 0 Å². The molecule has 3 N–H and O–H groups in total. The number of carbonyl (C=O) groups excluding carboxylic acids is 3. The predicted molar refractivity (Wildman–Crippen MR) is 130 cm³/mol. The lowest BCUT2D eigenvalue weighted by molar-refractivity contribution is -0.141. The van der Waals surface area contributed by atoms with E-state index in [1.54, 1.807) is 33.2 Å². The van der Waals surface area contributed by atoms with E-state index < -0.39 is 17.5 Å². The number of amides is 4. The average Bonchev–Trinajstić information content (AvgIpc) is 3.38. The fourth-order valence-electron chi connectivity index (χ4n) is 4.97.